The van der Waals surface area contributed by atoms with Gasteiger partial charge in [0.25, 0.3) is 0 Å². The maximum absolute atomic E-state index is 13.3. The summed E-state index contributed by atoms with van der Waals surface area (Å²) in [7, 11) is 0. The van der Waals surface area contributed by atoms with Crippen LogP contribution in [-0.4, -0.2) is 6.54 Å². The molecule has 0 amide bonds. The van der Waals surface area contributed by atoms with Crippen LogP contribution < -0.4 is 10.5 Å². The molecule has 0 heterocycles. The van der Waals surface area contributed by atoms with Gasteiger partial charge < -0.3 is 10.5 Å². The van der Waals surface area contributed by atoms with Crippen LogP contribution in [-0.2, 0) is 6.61 Å². The Labute approximate surface area is 132 Å². The normalized spacial score (nSPS) is 9.90. The van der Waals surface area contributed by atoms with Crippen molar-refractivity contribution in [2.45, 2.75) is 6.61 Å². The summed E-state index contributed by atoms with van der Waals surface area (Å²) in [5.74, 6) is 5.55. The van der Waals surface area contributed by atoms with Crippen LogP contribution in [0.15, 0.2) is 36.4 Å². The van der Waals surface area contributed by atoms with Crippen molar-refractivity contribution in [1.29, 1.82) is 0 Å². The molecule has 0 bridgehead atoms. The molecule has 2 N–H and O–H groups in total. The van der Waals surface area contributed by atoms with Gasteiger partial charge in [0.05, 0.1) is 12.1 Å². The van der Waals surface area contributed by atoms with Gasteiger partial charge in [0, 0.05) is 15.6 Å². The monoisotopic (exact) mass is 323 g/mol. The van der Waals surface area contributed by atoms with Crippen molar-refractivity contribution in [3.63, 3.8) is 0 Å². The first-order valence-corrected chi connectivity index (χ1v) is 6.91. The van der Waals surface area contributed by atoms with Crippen LogP contribution in [0.1, 0.15) is 11.1 Å². The van der Waals surface area contributed by atoms with Crippen LogP contribution in [0.5, 0.6) is 5.75 Å². The van der Waals surface area contributed by atoms with Crippen molar-refractivity contribution in [2.24, 2.45) is 5.73 Å². The highest BCUT2D eigenvalue weighted by atomic mass is 35.5. The van der Waals surface area contributed by atoms with Crippen molar-refractivity contribution in [3.05, 3.63) is 63.4 Å². The van der Waals surface area contributed by atoms with Crippen LogP contribution in [0.25, 0.3) is 0 Å². The molecular formula is C16H12Cl2FNO. The van der Waals surface area contributed by atoms with Gasteiger partial charge in [-0.3, -0.25) is 0 Å². The van der Waals surface area contributed by atoms with E-state index in [9.17, 15) is 4.39 Å². The molecule has 0 unspecified atom stereocenters. The Morgan fingerprint density at radius 2 is 1.95 bits per heavy atom. The van der Waals surface area contributed by atoms with Gasteiger partial charge in [-0.1, -0.05) is 41.1 Å². The van der Waals surface area contributed by atoms with Gasteiger partial charge in [0.1, 0.15) is 18.2 Å². The van der Waals surface area contributed by atoms with Crippen molar-refractivity contribution in [1.82, 2.24) is 0 Å². The van der Waals surface area contributed by atoms with E-state index in [-0.39, 0.29) is 19.0 Å². The molecule has 2 aromatic carbocycles. The average Bonchev–Trinajstić information content (AvgIpc) is 2.45. The smallest absolute Gasteiger partial charge is 0.135 e. The Balaban J connectivity index is 2.19. The molecule has 2 rings (SSSR count). The van der Waals surface area contributed by atoms with Crippen molar-refractivity contribution < 1.29 is 9.13 Å². The fourth-order valence-electron chi connectivity index (χ4n) is 1.67. The summed E-state index contributed by atoms with van der Waals surface area (Å²) in [6, 6.07) is 9.29. The van der Waals surface area contributed by atoms with E-state index in [4.69, 9.17) is 33.7 Å². The average molecular weight is 324 g/mol. The Hall–Kier alpha value is -1.73. The second-order valence-corrected chi connectivity index (χ2v) is 5.01. The van der Waals surface area contributed by atoms with E-state index in [2.05, 4.69) is 11.8 Å². The van der Waals surface area contributed by atoms with E-state index in [0.29, 0.717) is 21.4 Å². The van der Waals surface area contributed by atoms with E-state index < -0.39 is 0 Å². The summed E-state index contributed by atoms with van der Waals surface area (Å²) < 4.78 is 18.9. The maximum Gasteiger partial charge on any atom is 0.135 e. The van der Waals surface area contributed by atoms with Gasteiger partial charge in [0.2, 0.25) is 0 Å². The van der Waals surface area contributed by atoms with Gasteiger partial charge >= 0.3 is 0 Å². The molecule has 0 aliphatic carbocycles. The number of hydrogen-bond donors (Lipinski definition) is 1. The summed E-state index contributed by atoms with van der Waals surface area (Å²) in [4.78, 5) is 0. The van der Waals surface area contributed by atoms with Crippen LogP contribution in [0, 0.1) is 17.7 Å². The molecule has 108 valence electrons. The number of ether oxygens (including phenoxy) is 1. The Kier molecular flexibility index (Phi) is 5.46. The van der Waals surface area contributed by atoms with Crippen LogP contribution in [0.4, 0.5) is 4.39 Å². The molecule has 0 atom stereocenters. The summed E-state index contributed by atoms with van der Waals surface area (Å²) in [6.07, 6.45) is 0. The lowest BCUT2D eigenvalue weighted by atomic mass is 10.2. The second kappa shape index (κ2) is 7.33. The molecule has 0 aliphatic rings. The van der Waals surface area contributed by atoms with Crippen molar-refractivity contribution >= 4 is 23.2 Å². The zero-order chi connectivity index (χ0) is 15.2. The first kappa shape index (κ1) is 15.7. The third-order valence-corrected chi connectivity index (χ3v) is 3.25. The minimum Gasteiger partial charge on any atom is -0.488 e. The third-order valence-electron chi connectivity index (χ3n) is 2.67. The molecule has 2 aromatic rings. The number of rotatable bonds is 3. The summed E-state index contributed by atoms with van der Waals surface area (Å²) >= 11 is 11.9. The van der Waals surface area contributed by atoms with Gasteiger partial charge in [-0.05, 0) is 30.3 Å². The van der Waals surface area contributed by atoms with Crippen molar-refractivity contribution in [2.75, 3.05) is 6.54 Å². The highest BCUT2D eigenvalue weighted by Crippen LogP contribution is 2.24. The zero-order valence-corrected chi connectivity index (χ0v) is 12.5. The molecular weight excluding hydrogens is 312 g/mol. The van der Waals surface area contributed by atoms with Crippen LogP contribution >= 0.6 is 23.2 Å². The molecule has 5 heteroatoms. The molecule has 0 aliphatic heterocycles. The minimum atomic E-state index is -0.381. The van der Waals surface area contributed by atoms with E-state index in [0.717, 1.165) is 5.56 Å². The predicted molar refractivity (Wildman–Crippen MR) is 83.1 cm³/mol. The predicted octanol–water partition coefficient (Wildman–Crippen LogP) is 4.02. The molecule has 0 saturated heterocycles. The standard InChI is InChI=1S/C16H12Cl2FNO/c17-13-4-3-12(15(18)9-13)10-21-16-6-5-14(19)8-11(16)2-1-7-20/h3-6,8-9H,7,10,20H2. The Bertz CT molecular complexity index is 707. The molecule has 0 spiro atoms. The SMILES string of the molecule is NCC#Cc1cc(F)ccc1OCc1ccc(Cl)cc1Cl. The number of hydrogen-bond acceptors (Lipinski definition) is 2. The quantitative estimate of drug-likeness (QED) is 0.866. The summed E-state index contributed by atoms with van der Waals surface area (Å²) in [5.41, 5.74) is 6.56. The van der Waals surface area contributed by atoms with Crippen LogP contribution in [0.3, 0.4) is 0 Å². The van der Waals surface area contributed by atoms with E-state index in [1.165, 1.54) is 18.2 Å². The minimum absolute atomic E-state index is 0.193. The van der Waals surface area contributed by atoms with E-state index >= 15 is 0 Å². The number of benzene rings is 2. The maximum atomic E-state index is 13.3. The van der Waals surface area contributed by atoms with Gasteiger partial charge in [-0.2, -0.15) is 0 Å². The number of halogens is 3. The lowest BCUT2D eigenvalue weighted by Crippen LogP contribution is -1.99. The van der Waals surface area contributed by atoms with Gasteiger partial charge in [0.15, 0.2) is 0 Å². The highest BCUT2D eigenvalue weighted by molar-refractivity contribution is 6.35. The largest absolute Gasteiger partial charge is 0.488 e. The van der Waals surface area contributed by atoms with Gasteiger partial charge in [-0.15, -0.1) is 0 Å². The fourth-order valence-corrected chi connectivity index (χ4v) is 2.13. The summed E-state index contributed by atoms with van der Waals surface area (Å²) in [5, 5.41) is 1.07. The topological polar surface area (TPSA) is 35.2 Å². The lowest BCUT2D eigenvalue weighted by molar-refractivity contribution is 0.305. The van der Waals surface area contributed by atoms with E-state index in [1.54, 1.807) is 18.2 Å². The third kappa shape index (κ3) is 4.37. The Morgan fingerprint density at radius 3 is 2.67 bits per heavy atom. The Morgan fingerprint density at radius 1 is 1.14 bits per heavy atom. The first-order valence-electron chi connectivity index (χ1n) is 6.15. The fraction of sp³-hybridized carbons (Fsp3) is 0.125. The second-order valence-electron chi connectivity index (χ2n) is 4.17. The first-order chi connectivity index (χ1) is 10.1. The molecule has 0 radical (unpaired) electrons. The molecule has 0 fully saturated rings. The zero-order valence-electron chi connectivity index (χ0n) is 11.0. The molecule has 0 saturated carbocycles. The molecule has 21 heavy (non-hydrogen) atoms. The molecule has 0 aromatic heterocycles. The number of nitrogens with two attached hydrogens (primary N) is 1. The van der Waals surface area contributed by atoms with Crippen LogP contribution in [0.2, 0.25) is 10.0 Å². The lowest BCUT2D eigenvalue weighted by Gasteiger charge is -2.10. The molecule has 2 nitrogen and oxygen atoms in total. The highest BCUT2D eigenvalue weighted by Gasteiger charge is 2.06. The van der Waals surface area contributed by atoms with Gasteiger partial charge in [-0.25, -0.2) is 4.39 Å². The summed E-state index contributed by atoms with van der Waals surface area (Å²) in [6.45, 7) is 0.428. The van der Waals surface area contributed by atoms with Crippen molar-refractivity contribution in [3.8, 4) is 17.6 Å². The van der Waals surface area contributed by atoms with E-state index in [1.807, 2.05) is 0 Å².